The van der Waals surface area contributed by atoms with E-state index in [2.05, 4.69) is 59.1 Å². The Bertz CT molecular complexity index is 1740. The maximum Gasteiger partial charge on any atom is 0.335 e. The zero-order valence-electron chi connectivity index (χ0n) is 23.2. The van der Waals surface area contributed by atoms with E-state index < -0.39 is 17.8 Å². The summed E-state index contributed by atoms with van der Waals surface area (Å²) in [4.78, 5) is 40.0. The largest absolute Gasteiger partial charge is 0.490 e. The number of nitrogens with one attached hydrogen (secondary N) is 1. The normalized spacial score (nSPS) is 14.5. The van der Waals surface area contributed by atoms with Gasteiger partial charge in [0.25, 0.3) is 11.8 Å². The Hall–Kier alpha value is -4.18. The first kappa shape index (κ1) is 28.4. The van der Waals surface area contributed by atoms with Gasteiger partial charge in [-0.05, 0) is 102 Å². The van der Waals surface area contributed by atoms with Crippen LogP contribution in [0.4, 0.5) is 10.5 Å². The van der Waals surface area contributed by atoms with E-state index in [0.717, 1.165) is 41.5 Å². The first-order valence-electron chi connectivity index (χ1n) is 13.2. The maximum atomic E-state index is 13.5. The highest BCUT2D eigenvalue weighted by Crippen LogP contribution is 2.37. The molecule has 1 fully saturated rings. The zero-order valence-corrected chi connectivity index (χ0v) is 25.4. The molecule has 41 heavy (non-hydrogen) atoms. The van der Waals surface area contributed by atoms with Crippen molar-refractivity contribution in [2.24, 2.45) is 0 Å². The Morgan fingerprint density at radius 2 is 1.68 bits per heavy atom. The van der Waals surface area contributed by atoms with Gasteiger partial charge < -0.3 is 9.47 Å². The number of aryl methyl sites for hydroxylation is 3. The number of imide groups is 2. The molecule has 1 aliphatic rings. The minimum Gasteiger partial charge on any atom is -0.490 e. The van der Waals surface area contributed by atoms with Crippen LogP contribution in [0.25, 0.3) is 16.8 Å². The number of carbonyl (C=O) groups excluding carboxylic acids is 3. The van der Waals surface area contributed by atoms with E-state index in [9.17, 15) is 14.4 Å². The molecule has 0 saturated carbocycles. The summed E-state index contributed by atoms with van der Waals surface area (Å²) in [5, 5.41) is 4.57. The van der Waals surface area contributed by atoms with Gasteiger partial charge in [-0.25, -0.2) is 9.69 Å². The van der Waals surface area contributed by atoms with Gasteiger partial charge >= 0.3 is 6.03 Å². The first-order valence-corrected chi connectivity index (χ1v) is 14.3. The molecule has 0 atom stereocenters. The molecule has 4 amide bonds. The van der Waals surface area contributed by atoms with Gasteiger partial charge in [-0.3, -0.25) is 14.9 Å². The van der Waals surface area contributed by atoms with Crippen molar-refractivity contribution in [3.8, 4) is 11.5 Å². The van der Waals surface area contributed by atoms with Crippen LogP contribution in [0, 0.1) is 24.3 Å². The van der Waals surface area contributed by atoms with Crippen molar-refractivity contribution in [1.82, 2.24) is 5.32 Å². The summed E-state index contributed by atoms with van der Waals surface area (Å²) in [5.41, 5.74) is 4.81. The van der Waals surface area contributed by atoms with Crippen LogP contribution in [0.15, 0.2) is 72.3 Å². The minimum absolute atomic E-state index is 0.150. The number of rotatable bonds is 7. The predicted molar refractivity (Wildman–Crippen MR) is 168 cm³/mol. The van der Waals surface area contributed by atoms with Crippen molar-refractivity contribution in [3.05, 3.63) is 104 Å². The van der Waals surface area contributed by atoms with Gasteiger partial charge in [-0.2, -0.15) is 0 Å². The van der Waals surface area contributed by atoms with E-state index in [0.29, 0.717) is 36.0 Å². The fourth-order valence-electron chi connectivity index (χ4n) is 4.95. The van der Waals surface area contributed by atoms with E-state index in [-0.39, 0.29) is 5.57 Å². The maximum absolute atomic E-state index is 13.5. The molecule has 0 aromatic heterocycles. The van der Waals surface area contributed by atoms with Crippen LogP contribution in [0.1, 0.15) is 34.7 Å². The van der Waals surface area contributed by atoms with Crippen molar-refractivity contribution < 1.29 is 23.9 Å². The summed E-state index contributed by atoms with van der Waals surface area (Å²) in [5.74, 6) is -0.366. The first-order chi connectivity index (χ1) is 19.7. The fraction of sp³-hybridized carbons (Fsp3) is 0.182. The lowest BCUT2D eigenvalue weighted by atomic mass is 10.0. The third-order valence-electron chi connectivity index (χ3n) is 6.97. The Morgan fingerprint density at radius 3 is 2.44 bits per heavy atom. The van der Waals surface area contributed by atoms with Gasteiger partial charge in [0.1, 0.15) is 12.2 Å². The Morgan fingerprint density at radius 1 is 0.902 bits per heavy atom. The highest BCUT2D eigenvalue weighted by atomic mass is 127. The summed E-state index contributed by atoms with van der Waals surface area (Å²) in [7, 11) is 0. The second-order valence-corrected chi connectivity index (χ2v) is 11.0. The summed E-state index contributed by atoms with van der Waals surface area (Å²) in [6.45, 7) is 8.43. The summed E-state index contributed by atoms with van der Waals surface area (Å²) >= 11 is 2.17. The van der Waals surface area contributed by atoms with E-state index in [1.807, 2.05) is 51.1 Å². The topological polar surface area (TPSA) is 84.9 Å². The standard InChI is InChI=1S/C33H29IN2O5/c1-5-40-29-17-22(15-25-31(37)35-33(39)36(32(25)38)28-13-10-19(2)14-21(28)4)16-27(34)30(29)41-18-26-20(3)11-12-23-8-6-7-9-24(23)26/h6-17H,5,18H2,1-4H3,(H,35,37,39)/b25-15+. The van der Waals surface area contributed by atoms with Crippen LogP contribution >= 0.6 is 22.6 Å². The molecule has 7 nitrogen and oxygen atoms in total. The smallest absolute Gasteiger partial charge is 0.335 e. The number of barbiturate groups is 1. The number of ether oxygens (including phenoxy) is 2. The van der Waals surface area contributed by atoms with Crippen molar-refractivity contribution in [3.63, 3.8) is 0 Å². The third-order valence-corrected chi connectivity index (χ3v) is 7.77. The lowest BCUT2D eigenvalue weighted by molar-refractivity contribution is -0.122. The number of amides is 4. The molecule has 0 aliphatic carbocycles. The van der Waals surface area contributed by atoms with E-state index in [1.54, 1.807) is 12.1 Å². The molecule has 0 bridgehead atoms. The number of anilines is 1. The van der Waals surface area contributed by atoms with Gasteiger partial charge in [-0.15, -0.1) is 0 Å². The molecule has 0 spiro atoms. The van der Waals surface area contributed by atoms with Crippen molar-refractivity contribution >= 4 is 63.0 Å². The molecule has 4 aromatic carbocycles. The second kappa shape index (κ2) is 11.7. The van der Waals surface area contributed by atoms with Gasteiger partial charge in [0.15, 0.2) is 11.5 Å². The molecular weight excluding hydrogens is 631 g/mol. The van der Waals surface area contributed by atoms with Crippen LogP contribution < -0.4 is 19.7 Å². The van der Waals surface area contributed by atoms with Crippen molar-refractivity contribution in [2.75, 3.05) is 11.5 Å². The van der Waals surface area contributed by atoms with E-state index in [4.69, 9.17) is 9.47 Å². The van der Waals surface area contributed by atoms with Crippen molar-refractivity contribution in [2.45, 2.75) is 34.3 Å². The zero-order chi connectivity index (χ0) is 29.3. The van der Waals surface area contributed by atoms with Crippen LogP contribution in [0.2, 0.25) is 0 Å². The number of carbonyl (C=O) groups is 3. The molecule has 0 unspecified atom stereocenters. The Kier molecular flexibility index (Phi) is 8.12. The van der Waals surface area contributed by atoms with E-state index >= 15 is 0 Å². The third kappa shape index (κ3) is 5.69. The molecule has 0 radical (unpaired) electrons. The highest BCUT2D eigenvalue weighted by Gasteiger charge is 2.37. The Balaban J connectivity index is 1.48. The van der Waals surface area contributed by atoms with Crippen LogP contribution in [-0.2, 0) is 16.2 Å². The quantitative estimate of drug-likeness (QED) is 0.131. The average Bonchev–Trinajstić information content (AvgIpc) is 2.93. The average molecular weight is 661 g/mol. The number of hydrogen-bond acceptors (Lipinski definition) is 5. The summed E-state index contributed by atoms with van der Waals surface area (Å²) in [6, 6.07) is 20.6. The summed E-state index contributed by atoms with van der Waals surface area (Å²) in [6.07, 6.45) is 1.48. The molecule has 1 aliphatic heterocycles. The van der Waals surface area contributed by atoms with Gasteiger partial charge in [0.05, 0.1) is 15.9 Å². The molecule has 208 valence electrons. The molecular formula is C33H29IN2O5. The predicted octanol–water partition coefficient (Wildman–Crippen LogP) is 7.01. The monoisotopic (exact) mass is 660 g/mol. The van der Waals surface area contributed by atoms with E-state index in [1.165, 1.54) is 6.08 Å². The van der Waals surface area contributed by atoms with Gasteiger partial charge in [0, 0.05) is 5.56 Å². The van der Waals surface area contributed by atoms with Crippen LogP contribution in [0.3, 0.4) is 0 Å². The molecule has 4 aromatic rings. The molecule has 8 heteroatoms. The second-order valence-electron chi connectivity index (χ2n) is 9.88. The molecule has 1 saturated heterocycles. The van der Waals surface area contributed by atoms with Crippen molar-refractivity contribution in [1.29, 1.82) is 0 Å². The number of benzene rings is 4. The number of halogens is 1. The summed E-state index contributed by atoms with van der Waals surface area (Å²) < 4.78 is 13.0. The number of fused-ring (bicyclic) bond motifs is 1. The molecule has 1 N–H and O–H groups in total. The van der Waals surface area contributed by atoms with Gasteiger partial charge in [0.2, 0.25) is 0 Å². The molecule has 1 heterocycles. The van der Waals surface area contributed by atoms with Crippen LogP contribution in [0.5, 0.6) is 11.5 Å². The highest BCUT2D eigenvalue weighted by molar-refractivity contribution is 14.1. The minimum atomic E-state index is -0.777. The lowest BCUT2D eigenvalue weighted by Crippen LogP contribution is -2.54. The SMILES string of the molecule is CCOc1cc(/C=C2\C(=O)NC(=O)N(c3ccc(C)cc3C)C2=O)cc(I)c1OCc1c(C)ccc2ccccc12. The number of urea groups is 1. The number of nitrogens with zero attached hydrogens (tertiary/aromatic N) is 1. The number of hydrogen-bond donors (Lipinski definition) is 1. The Labute approximate surface area is 252 Å². The fourth-order valence-corrected chi connectivity index (χ4v) is 5.74. The lowest BCUT2D eigenvalue weighted by Gasteiger charge is -2.27. The van der Waals surface area contributed by atoms with Crippen LogP contribution in [-0.4, -0.2) is 24.5 Å². The molecule has 5 rings (SSSR count). The van der Waals surface area contributed by atoms with Gasteiger partial charge in [-0.1, -0.05) is 54.1 Å².